The number of anilines is 2. The van der Waals surface area contributed by atoms with Crippen LogP contribution in [0.2, 0.25) is 5.02 Å². The lowest BCUT2D eigenvalue weighted by Crippen LogP contribution is -2.49. The molecule has 2 aromatic carbocycles. The molecule has 2 N–H and O–H groups in total. The van der Waals surface area contributed by atoms with Gasteiger partial charge in [0.05, 0.1) is 11.4 Å². The van der Waals surface area contributed by atoms with E-state index in [2.05, 4.69) is 10.6 Å². The average molecular weight is 401 g/mol. The third-order valence-electron chi connectivity index (χ3n) is 4.63. The van der Waals surface area contributed by atoms with Crippen molar-refractivity contribution in [2.75, 3.05) is 29.9 Å². The fourth-order valence-corrected chi connectivity index (χ4v) is 3.40. The zero-order chi connectivity index (χ0) is 20.1. The number of halogens is 1. The Bertz CT molecular complexity index is 854. The van der Waals surface area contributed by atoms with Crippen LogP contribution in [-0.2, 0) is 6.54 Å². The zero-order valence-corrected chi connectivity index (χ0v) is 16.9. The summed E-state index contributed by atoms with van der Waals surface area (Å²) in [7, 11) is 0. The molecule has 7 heteroatoms. The molecule has 0 aliphatic carbocycles. The zero-order valence-electron chi connectivity index (χ0n) is 16.2. The number of amides is 4. The number of rotatable bonds is 5. The van der Waals surface area contributed by atoms with E-state index in [-0.39, 0.29) is 12.1 Å². The van der Waals surface area contributed by atoms with Crippen molar-refractivity contribution in [3.63, 3.8) is 0 Å². The van der Waals surface area contributed by atoms with Crippen LogP contribution in [0.4, 0.5) is 21.0 Å². The summed E-state index contributed by atoms with van der Waals surface area (Å²) < 4.78 is 0. The molecule has 1 aliphatic rings. The van der Waals surface area contributed by atoms with Crippen LogP contribution in [0, 0.1) is 6.92 Å². The number of nitrogens with zero attached hydrogens (tertiary/aromatic N) is 2. The second-order valence-electron chi connectivity index (χ2n) is 6.84. The van der Waals surface area contributed by atoms with E-state index in [0.29, 0.717) is 42.6 Å². The number of aryl methyl sites for hydroxylation is 1. The highest BCUT2D eigenvalue weighted by Gasteiger charge is 2.28. The van der Waals surface area contributed by atoms with Gasteiger partial charge in [0, 0.05) is 31.2 Å². The summed E-state index contributed by atoms with van der Waals surface area (Å²) in [5.74, 6) is 0. The third-order valence-corrected chi connectivity index (χ3v) is 4.88. The van der Waals surface area contributed by atoms with Gasteiger partial charge in [0.1, 0.15) is 0 Å². The van der Waals surface area contributed by atoms with Crippen LogP contribution in [-0.4, -0.2) is 36.6 Å². The number of hydrogen-bond acceptors (Lipinski definition) is 2. The van der Waals surface area contributed by atoms with Gasteiger partial charge in [-0.15, -0.1) is 0 Å². The molecule has 1 fully saturated rings. The average Bonchev–Trinajstić information content (AvgIpc) is 2.66. The fourth-order valence-electron chi connectivity index (χ4n) is 3.27. The summed E-state index contributed by atoms with van der Waals surface area (Å²) in [6, 6.07) is 12.9. The first-order valence-electron chi connectivity index (χ1n) is 9.44. The first kappa shape index (κ1) is 20.0. The molecule has 1 saturated heterocycles. The normalized spacial score (nSPS) is 14.2. The molecular weight excluding hydrogens is 376 g/mol. The summed E-state index contributed by atoms with van der Waals surface area (Å²) in [6.07, 6.45) is 0.855. The Balaban J connectivity index is 1.81. The van der Waals surface area contributed by atoms with Crippen LogP contribution in [0.1, 0.15) is 24.5 Å². The minimum Gasteiger partial charge on any atom is -0.338 e. The van der Waals surface area contributed by atoms with Crippen LogP contribution in [0.25, 0.3) is 0 Å². The quantitative estimate of drug-likeness (QED) is 0.768. The van der Waals surface area contributed by atoms with Gasteiger partial charge in [0.25, 0.3) is 0 Å². The summed E-state index contributed by atoms with van der Waals surface area (Å²) in [4.78, 5) is 28.7. The Morgan fingerprint density at radius 1 is 1.14 bits per heavy atom. The summed E-state index contributed by atoms with van der Waals surface area (Å²) in [5, 5.41) is 6.27. The van der Waals surface area contributed by atoms with Crippen molar-refractivity contribution >= 4 is 35.0 Å². The SMILES string of the molecule is CCNC(=O)Nc1cc(C)ccc1N1CCCN(Cc2ccc(Cl)cc2)C1=O. The first-order valence-corrected chi connectivity index (χ1v) is 9.82. The molecule has 148 valence electrons. The number of carbonyl (C=O) groups is 2. The molecule has 6 nitrogen and oxygen atoms in total. The van der Waals surface area contributed by atoms with Crippen LogP contribution in [0.15, 0.2) is 42.5 Å². The van der Waals surface area contributed by atoms with Gasteiger partial charge in [-0.25, -0.2) is 9.59 Å². The van der Waals surface area contributed by atoms with Crippen molar-refractivity contribution in [3.8, 4) is 0 Å². The molecule has 1 aliphatic heterocycles. The van der Waals surface area contributed by atoms with Gasteiger partial charge < -0.3 is 15.5 Å². The fraction of sp³-hybridized carbons (Fsp3) is 0.333. The predicted octanol–water partition coefficient (Wildman–Crippen LogP) is 4.62. The van der Waals surface area contributed by atoms with Gasteiger partial charge in [-0.1, -0.05) is 29.8 Å². The van der Waals surface area contributed by atoms with E-state index in [1.165, 1.54) is 0 Å². The van der Waals surface area contributed by atoms with Gasteiger partial charge in [0.15, 0.2) is 0 Å². The maximum atomic E-state index is 13.1. The molecule has 0 spiro atoms. The van der Waals surface area contributed by atoms with Gasteiger partial charge in [-0.3, -0.25) is 4.90 Å². The standard InChI is InChI=1S/C21H25ClN4O2/c1-3-23-20(27)24-18-13-15(2)5-10-19(18)26-12-4-11-25(21(26)28)14-16-6-8-17(22)9-7-16/h5-10,13H,3-4,11-12,14H2,1-2H3,(H2,23,24,27). The topological polar surface area (TPSA) is 64.7 Å². The predicted molar refractivity (Wildman–Crippen MR) is 113 cm³/mol. The molecular formula is C21H25ClN4O2. The van der Waals surface area contributed by atoms with Gasteiger partial charge in [0.2, 0.25) is 0 Å². The monoisotopic (exact) mass is 400 g/mol. The van der Waals surface area contributed by atoms with Crippen molar-refractivity contribution in [1.29, 1.82) is 0 Å². The van der Waals surface area contributed by atoms with Crippen LogP contribution >= 0.6 is 11.6 Å². The van der Waals surface area contributed by atoms with E-state index >= 15 is 0 Å². The minimum atomic E-state index is -0.281. The molecule has 0 radical (unpaired) electrons. The van der Waals surface area contributed by atoms with Crippen molar-refractivity contribution in [3.05, 3.63) is 58.6 Å². The van der Waals surface area contributed by atoms with E-state index in [4.69, 9.17) is 11.6 Å². The highest BCUT2D eigenvalue weighted by atomic mass is 35.5. The second-order valence-corrected chi connectivity index (χ2v) is 7.28. The Morgan fingerprint density at radius 3 is 2.61 bits per heavy atom. The lowest BCUT2D eigenvalue weighted by Gasteiger charge is -2.36. The van der Waals surface area contributed by atoms with E-state index in [9.17, 15) is 9.59 Å². The maximum Gasteiger partial charge on any atom is 0.324 e. The molecule has 0 unspecified atom stereocenters. The number of nitrogens with one attached hydrogen (secondary N) is 2. The third kappa shape index (κ3) is 4.75. The van der Waals surface area contributed by atoms with Crippen LogP contribution in [0.3, 0.4) is 0 Å². The Hall–Kier alpha value is -2.73. The summed E-state index contributed by atoms with van der Waals surface area (Å²) in [6.45, 7) is 6.19. The smallest absolute Gasteiger partial charge is 0.324 e. The molecule has 28 heavy (non-hydrogen) atoms. The van der Waals surface area contributed by atoms with Crippen LogP contribution < -0.4 is 15.5 Å². The molecule has 0 saturated carbocycles. The van der Waals surface area contributed by atoms with Gasteiger partial charge in [-0.2, -0.15) is 0 Å². The molecule has 0 aromatic heterocycles. The van der Waals surface area contributed by atoms with E-state index in [1.807, 2.05) is 61.2 Å². The Morgan fingerprint density at radius 2 is 1.89 bits per heavy atom. The molecule has 2 aromatic rings. The Kier molecular flexibility index (Phi) is 6.41. The van der Waals surface area contributed by atoms with Crippen molar-refractivity contribution in [2.45, 2.75) is 26.8 Å². The highest BCUT2D eigenvalue weighted by Crippen LogP contribution is 2.30. The lowest BCUT2D eigenvalue weighted by molar-refractivity contribution is 0.192. The van der Waals surface area contributed by atoms with E-state index in [0.717, 1.165) is 17.5 Å². The molecule has 1 heterocycles. The number of carbonyl (C=O) groups excluding carboxylic acids is 2. The number of hydrogen-bond donors (Lipinski definition) is 2. The largest absolute Gasteiger partial charge is 0.338 e. The first-order chi connectivity index (χ1) is 13.5. The van der Waals surface area contributed by atoms with Crippen LogP contribution in [0.5, 0.6) is 0 Å². The Labute approximate surface area is 170 Å². The highest BCUT2D eigenvalue weighted by molar-refractivity contribution is 6.30. The number of benzene rings is 2. The molecule has 3 rings (SSSR count). The maximum absolute atomic E-state index is 13.1. The molecule has 0 bridgehead atoms. The van der Waals surface area contributed by atoms with E-state index < -0.39 is 0 Å². The van der Waals surface area contributed by atoms with Crippen molar-refractivity contribution in [2.24, 2.45) is 0 Å². The molecule has 0 atom stereocenters. The van der Waals surface area contributed by atoms with Gasteiger partial charge >= 0.3 is 12.1 Å². The lowest BCUT2D eigenvalue weighted by atomic mass is 10.1. The van der Waals surface area contributed by atoms with Crippen molar-refractivity contribution in [1.82, 2.24) is 10.2 Å². The number of urea groups is 2. The summed E-state index contributed by atoms with van der Waals surface area (Å²) >= 11 is 5.95. The van der Waals surface area contributed by atoms with Crippen molar-refractivity contribution < 1.29 is 9.59 Å². The van der Waals surface area contributed by atoms with Gasteiger partial charge in [-0.05, 0) is 55.7 Å². The summed E-state index contributed by atoms with van der Waals surface area (Å²) in [5.41, 5.74) is 3.39. The van der Waals surface area contributed by atoms with E-state index in [1.54, 1.807) is 4.90 Å². The minimum absolute atomic E-state index is 0.0657. The molecule has 4 amide bonds. The second kappa shape index (κ2) is 8.97.